The number of nitrogens with zero attached hydrogens (tertiary/aromatic N) is 3. The zero-order valence-corrected chi connectivity index (χ0v) is 22.8. The Hall–Kier alpha value is -3.74. The Balaban J connectivity index is 1.68. The Labute approximate surface area is 241 Å². The van der Waals surface area contributed by atoms with Gasteiger partial charge in [-0.2, -0.15) is 26.3 Å². The van der Waals surface area contributed by atoms with Crippen molar-refractivity contribution in [3.63, 3.8) is 0 Å². The van der Waals surface area contributed by atoms with Gasteiger partial charge in [0, 0.05) is 49.8 Å². The minimum absolute atomic E-state index is 0.101. The summed E-state index contributed by atoms with van der Waals surface area (Å²) in [4.78, 5) is 27.3. The molecule has 2 aromatic rings. The molecule has 4 rings (SSSR count). The van der Waals surface area contributed by atoms with Crippen molar-refractivity contribution in [2.75, 3.05) is 45.1 Å². The second-order valence-electron chi connectivity index (χ2n) is 10.8. The van der Waals surface area contributed by atoms with Crippen molar-refractivity contribution in [1.29, 1.82) is 0 Å². The molecule has 232 valence electrons. The van der Waals surface area contributed by atoms with Crippen LogP contribution in [0.25, 0.3) is 0 Å². The standard InChI is InChI=1S/C28H27F7N4O4/c1-37-11-13-38(14-12-37)10-2-7-26(41,17-25(8-9-25)20-15-18(27(30,31)32)3-5-22(20)29)24(40)36-19-4-6-23(39(42)43)21(16-19)28(33,34)35/h3-6,15-16,41H,8-14,17H2,1H3,(H,36,40). The van der Waals surface area contributed by atoms with Gasteiger partial charge in [0.25, 0.3) is 11.6 Å². The number of piperazine rings is 1. The number of benzene rings is 2. The van der Waals surface area contributed by atoms with Gasteiger partial charge in [-0.3, -0.25) is 19.8 Å². The quantitative estimate of drug-likeness (QED) is 0.201. The first-order chi connectivity index (χ1) is 19.9. The Morgan fingerprint density at radius 3 is 2.26 bits per heavy atom. The van der Waals surface area contributed by atoms with Crippen molar-refractivity contribution in [3.8, 4) is 11.8 Å². The third kappa shape index (κ3) is 7.43. The number of hydrogen-bond acceptors (Lipinski definition) is 6. The predicted molar refractivity (Wildman–Crippen MR) is 140 cm³/mol. The van der Waals surface area contributed by atoms with E-state index >= 15 is 0 Å². The molecule has 2 fully saturated rings. The van der Waals surface area contributed by atoms with E-state index in [0.717, 1.165) is 19.2 Å². The van der Waals surface area contributed by atoms with Crippen LogP contribution in [0.2, 0.25) is 0 Å². The highest BCUT2D eigenvalue weighted by atomic mass is 19.4. The molecule has 1 saturated carbocycles. The van der Waals surface area contributed by atoms with E-state index < -0.39 is 68.9 Å². The second-order valence-corrected chi connectivity index (χ2v) is 10.8. The van der Waals surface area contributed by atoms with Gasteiger partial charge in [0.15, 0.2) is 0 Å². The molecule has 0 spiro atoms. The third-order valence-electron chi connectivity index (χ3n) is 7.64. The van der Waals surface area contributed by atoms with Crippen LogP contribution in [0.1, 0.15) is 36.0 Å². The van der Waals surface area contributed by atoms with Crippen molar-refractivity contribution >= 4 is 17.3 Å². The number of alkyl halides is 6. The molecule has 0 bridgehead atoms. The van der Waals surface area contributed by atoms with E-state index in [-0.39, 0.29) is 24.9 Å². The largest absolute Gasteiger partial charge is 0.423 e. The zero-order chi connectivity index (χ0) is 31.8. The number of carbonyl (C=O) groups is 1. The minimum Gasteiger partial charge on any atom is -0.369 e. The first-order valence-electron chi connectivity index (χ1n) is 13.1. The lowest BCUT2D eigenvalue weighted by atomic mass is 9.82. The monoisotopic (exact) mass is 616 g/mol. The lowest BCUT2D eigenvalue weighted by molar-refractivity contribution is -0.388. The molecule has 2 N–H and O–H groups in total. The molecule has 2 aliphatic rings. The van der Waals surface area contributed by atoms with Crippen LogP contribution < -0.4 is 5.32 Å². The smallest absolute Gasteiger partial charge is 0.369 e. The molecule has 15 heteroatoms. The highest BCUT2D eigenvalue weighted by molar-refractivity contribution is 6.00. The molecular formula is C28H27F7N4O4. The van der Waals surface area contributed by atoms with E-state index in [0.29, 0.717) is 43.4 Å². The molecule has 2 aromatic carbocycles. The van der Waals surface area contributed by atoms with E-state index in [1.165, 1.54) is 0 Å². The SMILES string of the molecule is CN1CCN(CC#CC(O)(CC2(c3cc(C(F)(F)F)ccc3F)CC2)C(=O)Nc2ccc([N+](=O)[O-])c(C(F)(F)F)c2)CC1. The molecule has 1 amide bonds. The number of amides is 1. The van der Waals surface area contributed by atoms with E-state index in [2.05, 4.69) is 22.1 Å². The topological polar surface area (TPSA) is 99.0 Å². The summed E-state index contributed by atoms with van der Waals surface area (Å²) in [6.07, 6.45) is -10.4. The molecule has 1 heterocycles. The maximum absolute atomic E-state index is 14.8. The van der Waals surface area contributed by atoms with E-state index in [9.17, 15) is 50.7 Å². The van der Waals surface area contributed by atoms with Crippen molar-refractivity contribution in [3.05, 3.63) is 69.0 Å². The Kier molecular flexibility index (Phi) is 8.79. The average Bonchev–Trinajstić information content (AvgIpc) is 3.68. The number of rotatable bonds is 7. The number of hydrogen-bond donors (Lipinski definition) is 2. The van der Waals surface area contributed by atoms with Crippen LogP contribution in [-0.4, -0.2) is 71.1 Å². The summed E-state index contributed by atoms with van der Waals surface area (Å²) in [5, 5.41) is 24.7. The Morgan fingerprint density at radius 2 is 1.70 bits per heavy atom. The highest BCUT2D eigenvalue weighted by Gasteiger charge is 2.54. The number of nitro benzene ring substituents is 1. The van der Waals surface area contributed by atoms with Crippen LogP contribution in [0.4, 0.5) is 42.1 Å². The van der Waals surface area contributed by atoms with Gasteiger partial charge in [-0.25, -0.2) is 4.39 Å². The summed E-state index contributed by atoms with van der Waals surface area (Å²) in [5.41, 5.74) is -9.04. The predicted octanol–water partition coefficient (Wildman–Crippen LogP) is 4.81. The van der Waals surface area contributed by atoms with Gasteiger partial charge in [0.05, 0.1) is 17.0 Å². The normalized spacial score (nSPS) is 18.7. The van der Waals surface area contributed by atoms with Gasteiger partial charge < -0.3 is 15.3 Å². The third-order valence-corrected chi connectivity index (χ3v) is 7.64. The van der Waals surface area contributed by atoms with Gasteiger partial charge in [-0.15, -0.1) is 0 Å². The first-order valence-corrected chi connectivity index (χ1v) is 13.1. The summed E-state index contributed by atoms with van der Waals surface area (Å²) in [5.74, 6) is 2.83. The van der Waals surface area contributed by atoms with Gasteiger partial charge in [0.2, 0.25) is 5.60 Å². The van der Waals surface area contributed by atoms with Crippen LogP contribution >= 0.6 is 0 Å². The maximum Gasteiger partial charge on any atom is 0.423 e. The number of nitrogens with one attached hydrogen (secondary N) is 1. The number of nitro groups is 1. The van der Waals surface area contributed by atoms with E-state index in [1.807, 2.05) is 11.9 Å². The number of carbonyl (C=O) groups excluding carboxylic acids is 1. The van der Waals surface area contributed by atoms with Gasteiger partial charge >= 0.3 is 12.4 Å². The van der Waals surface area contributed by atoms with Crippen molar-refractivity contribution in [2.24, 2.45) is 0 Å². The molecule has 8 nitrogen and oxygen atoms in total. The molecule has 1 aliphatic carbocycles. The minimum atomic E-state index is -5.15. The highest BCUT2D eigenvalue weighted by Crippen LogP contribution is 2.55. The van der Waals surface area contributed by atoms with Crippen molar-refractivity contribution < 1.29 is 45.6 Å². The van der Waals surface area contributed by atoms with Crippen LogP contribution in [0.5, 0.6) is 0 Å². The zero-order valence-electron chi connectivity index (χ0n) is 22.8. The summed E-state index contributed by atoms with van der Waals surface area (Å²) < 4.78 is 95.5. The molecule has 1 atom stereocenters. The number of halogens is 7. The van der Waals surface area contributed by atoms with Crippen LogP contribution in [0.3, 0.4) is 0 Å². The Morgan fingerprint density at radius 1 is 1.05 bits per heavy atom. The fraction of sp³-hybridized carbons (Fsp3) is 0.464. The maximum atomic E-state index is 14.8. The number of anilines is 1. The molecular weight excluding hydrogens is 589 g/mol. The molecule has 43 heavy (non-hydrogen) atoms. The van der Waals surface area contributed by atoms with Gasteiger partial charge in [-0.1, -0.05) is 11.8 Å². The Bertz CT molecular complexity index is 1460. The summed E-state index contributed by atoms with van der Waals surface area (Å²) in [6, 6.07) is 3.53. The second kappa shape index (κ2) is 11.7. The molecule has 1 aliphatic heterocycles. The first kappa shape index (κ1) is 32.2. The summed E-state index contributed by atoms with van der Waals surface area (Å²) in [6.45, 7) is 2.80. The fourth-order valence-electron chi connectivity index (χ4n) is 5.01. The van der Waals surface area contributed by atoms with E-state index in [4.69, 9.17) is 0 Å². The van der Waals surface area contributed by atoms with Crippen LogP contribution in [0, 0.1) is 27.8 Å². The average molecular weight is 617 g/mol. The lowest BCUT2D eigenvalue weighted by Crippen LogP contribution is -2.46. The lowest BCUT2D eigenvalue weighted by Gasteiger charge is -2.31. The van der Waals surface area contributed by atoms with E-state index in [1.54, 1.807) is 0 Å². The molecule has 1 unspecified atom stereocenters. The van der Waals surface area contributed by atoms with Crippen molar-refractivity contribution in [1.82, 2.24) is 9.80 Å². The van der Waals surface area contributed by atoms with Crippen LogP contribution in [0.15, 0.2) is 36.4 Å². The van der Waals surface area contributed by atoms with Gasteiger partial charge in [0.1, 0.15) is 11.4 Å². The number of aliphatic hydroxyl groups is 1. The molecule has 1 saturated heterocycles. The molecule has 0 aromatic heterocycles. The fourth-order valence-corrected chi connectivity index (χ4v) is 5.01. The molecule has 0 radical (unpaired) electrons. The van der Waals surface area contributed by atoms with Gasteiger partial charge in [-0.05, 0) is 55.8 Å². The summed E-state index contributed by atoms with van der Waals surface area (Å²) in [7, 11) is 1.93. The van der Waals surface area contributed by atoms with Crippen molar-refractivity contribution in [2.45, 2.75) is 42.6 Å². The summed E-state index contributed by atoms with van der Waals surface area (Å²) >= 11 is 0. The number of likely N-dealkylation sites (N-methyl/N-ethyl adjacent to an activating group) is 1. The van der Waals surface area contributed by atoms with Crippen LogP contribution in [-0.2, 0) is 22.6 Å².